The molecule has 0 aromatic heterocycles. The van der Waals surface area contributed by atoms with Crippen molar-refractivity contribution in [3.63, 3.8) is 0 Å². The lowest BCUT2D eigenvalue weighted by molar-refractivity contribution is -0.131. The highest BCUT2D eigenvalue weighted by molar-refractivity contribution is 6.39. The first-order chi connectivity index (χ1) is 14.9. The molecule has 0 aliphatic rings. The van der Waals surface area contributed by atoms with Crippen molar-refractivity contribution in [1.82, 2.24) is 4.90 Å². The van der Waals surface area contributed by atoms with Crippen LogP contribution in [0.4, 0.5) is 11.4 Å². The van der Waals surface area contributed by atoms with Crippen LogP contribution in [0.1, 0.15) is 17.5 Å². The second kappa shape index (κ2) is 10.8. The molecule has 0 unspecified atom stereocenters. The quantitative estimate of drug-likeness (QED) is 0.466. The molecule has 2 amide bonds. The Morgan fingerprint density at radius 2 is 1.52 bits per heavy atom. The highest BCUT2D eigenvalue weighted by Crippen LogP contribution is 2.33. The Kier molecular flexibility index (Phi) is 7.93. The number of nitrogens with one attached hydrogen (secondary N) is 1. The molecule has 0 bridgehead atoms. The number of hydrogen-bond acceptors (Lipinski definition) is 3. The number of amides is 2. The van der Waals surface area contributed by atoms with Crippen LogP contribution in [0.25, 0.3) is 0 Å². The minimum Gasteiger partial charge on any atom is -0.370 e. The average molecular weight is 456 g/mol. The molecule has 0 saturated heterocycles. The Bertz CT molecular complexity index is 1040. The van der Waals surface area contributed by atoms with Crippen molar-refractivity contribution in [1.29, 1.82) is 0 Å². The molecule has 7 heteroatoms. The molecule has 0 saturated carbocycles. The summed E-state index contributed by atoms with van der Waals surface area (Å²) in [6, 6.07) is 22.4. The maximum Gasteiger partial charge on any atom is 0.227 e. The number of halogens is 2. The highest BCUT2D eigenvalue weighted by Gasteiger charge is 2.18. The first-order valence-electron chi connectivity index (χ1n) is 9.83. The zero-order valence-corrected chi connectivity index (χ0v) is 18.4. The highest BCUT2D eigenvalue weighted by atomic mass is 35.5. The minimum atomic E-state index is -0.443. The third-order valence-corrected chi connectivity index (χ3v) is 5.41. The fourth-order valence-corrected chi connectivity index (χ4v) is 3.66. The van der Waals surface area contributed by atoms with E-state index in [9.17, 15) is 9.59 Å². The van der Waals surface area contributed by atoms with E-state index in [1.807, 2.05) is 54.6 Å². The van der Waals surface area contributed by atoms with Crippen LogP contribution in [0.5, 0.6) is 0 Å². The van der Waals surface area contributed by atoms with Crippen LogP contribution in [0.2, 0.25) is 10.0 Å². The van der Waals surface area contributed by atoms with Crippen molar-refractivity contribution in [2.24, 2.45) is 5.73 Å². The summed E-state index contributed by atoms with van der Waals surface area (Å²) in [6.45, 7) is 0.661. The van der Waals surface area contributed by atoms with Crippen molar-refractivity contribution < 1.29 is 9.59 Å². The third-order valence-electron chi connectivity index (χ3n) is 4.78. The van der Waals surface area contributed by atoms with Crippen molar-refractivity contribution in [3.8, 4) is 0 Å². The van der Waals surface area contributed by atoms with Gasteiger partial charge in [-0.3, -0.25) is 9.59 Å². The van der Waals surface area contributed by atoms with Gasteiger partial charge < -0.3 is 16.0 Å². The molecular formula is C24H23Cl2N3O2. The second-order valence-corrected chi connectivity index (χ2v) is 7.89. The summed E-state index contributed by atoms with van der Waals surface area (Å²) >= 11 is 12.6. The van der Waals surface area contributed by atoms with Crippen LogP contribution in [-0.2, 0) is 22.6 Å². The Morgan fingerprint density at radius 3 is 2.19 bits per heavy atom. The van der Waals surface area contributed by atoms with E-state index in [1.54, 1.807) is 23.1 Å². The van der Waals surface area contributed by atoms with Crippen LogP contribution in [-0.4, -0.2) is 23.3 Å². The zero-order valence-electron chi connectivity index (χ0n) is 16.9. The predicted octanol–water partition coefficient (Wildman–Crippen LogP) is 5.18. The largest absolute Gasteiger partial charge is 0.370 e. The molecule has 0 radical (unpaired) electrons. The summed E-state index contributed by atoms with van der Waals surface area (Å²) in [6.07, 6.45) is 0.255. The normalized spacial score (nSPS) is 10.5. The Morgan fingerprint density at radius 1 is 0.871 bits per heavy atom. The van der Waals surface area contributed by atoms with E-state index in [-0.39, 0.29) is 25.3 Å². The summed E-state index contributed by atoms with van der Waals surface area (Å²) in [5.41, 5.74) is 8.41. The number of carbonyl (C=O) groups is 2. The van der Waals surface area contributed by atoms with Crippen molar-refractivity contribution in [2.45, 2.75) is 19.4 Å². The van der Waals surface area contributed by atoms with Gasteiger partial charge in [0.05, 0.1) is 22.2 Å². The standard InChI is InChI=1S/C24H23Cl2N3O2/c25-19-10-6-11-20(26)24(19)28-21-12-5-4-9-18(21)15-23(31)29(14-13-22(27)30)16-17-7-2-1-3-8-17/h1-12,28H,13-16H2,(H2,27,30). The number of hydrogen-bond donors (Lipinski definition) is 2. The first kappa shape index (κ1) is 22.7. The van der Waals surface area contributed by atoms with E-state index in [4.69, 9.17) is 28.9 Å². The lowest BCUT2D eigenvalue weighted by Crippen LogP contribution is -2.34. The molecule has 160 valence electrons. The van der Waals surface area contributed by atoms with E-state index in [0.717, 1.165) is 16.8 Å². The first-order valence-corrected chi connectivity index (χ1v) is 10.6. The molecule has 0 atom stereocenters. The Labute approximate surface area is 191 Å². The van der Waals surface area contributed by atoms with Gasteiger partial charge in [-0.2, -0.15) is 0 Å². The molecule has 31 heavy (non-hydrogen) atoms. The van der Waals surface area contributed by atoms with Gasteiger partial charge in [-0.1, -0.05) is 77.8 Å². The van der Waals surface area contributed by atoms with Gasteiger partial charge in [-0.05, 0) is 29.3 Å². The minimum absolute atomic E-state index is 0.105. The zero-order chi connectivity index (χ0) is 22.2. The van der Waals surface area contributed by atoms with Crippen LogP contribution >= 0.6 is 23.2 Å². The topological polar surface area (TPSA) is 75.4 Å². The number of para-hydroxylation sites is 2. The number of nitrogens with two attached hydrogens (primary N) is 1. The summed E-state index contributed by atoms with van der Waals surface area (Å²) in [4.78, 5) is 26.1. The van der Waals surface area contributed by atoms with Gasteiger partial charge in [0.15, 0.2) is 0 Å². The molecule has 3 aromatic rings. The van der Waals surface area contributed by atoms with Gasteiger partial charge in [0.2, 0.25) is 11.8 Å². The Balaban J connectivity index is 1.80. The van der Waals surface area contributed by atoms with Crippen LogP contribution in [0, 0.1) is 0 Å². The summed E-state index contributed by atoms with van der Waals surface area (Å²) in [7, 11) is 0. The summed E-state index contributed by atoms with van der Waals surface area (Å²) < 4.78 is 0. The lowest BCUT2D eigenvalue weighted by atomic mass is 10.1. The third kappa shape index (κ3) is 6.48. The number of nitrogens with zero attached hydrogens (tertiary/aromatic N) is 1. The van der Waals surface area contributed by atoms with E-state index in [1.165, 1.54) is 0 Å². The molecule has 0 aliphatic heterocycles. The molecule has 0 heterocycles. The molecule has 0 fully saturated rings. The summed E-state index contributed by atoms with van der Waals surface area (Å²) in [5, 5.41) is 4.22. The van der Waals surface area contributed by atoms with E-state index in [0.29, 0.717) is 22.3 Å². The van der Waals surface area contributed by atoms with Crippen molar-refractivity contribution >= 4 is 46.4 Å². The summed E-state index contributed by atoms with van der Waals surface area (Å²) in [5.74, 6) is -0.550. The second-order valence-electron chi connectivity index (χ2n) is 7.07. The van der Waals surface area contributed by atoms with Gasteiger partial charge in [-0.15, -0.1) is 0 Å². The van der Waals surface area contributed by atoms with Gasteiger partial charge in [0.1, 0.15) is 0 Å². The molecular weight excluding hydrogens is 433 g/mol. The molecule has 3 aromatic carbocycles. The number of anilines is 2. The van der Waals surface area contributed by atoms with Crippen molar-refractivity contribution in [2.75, 3.05) is 11.9 Å². The maximum atomic E-state index is 13.2. The predicted molar refractivity (Wildman–Crippen MR) is 126 cm³/mol. The molecule has 5 nitrogen and oxygen atoms in total. The van der Waals surface area contributed by atoms with Gasteiger partial charge in [-0.25, -0.2) is 0 Å². The molecule has 3 N–H and O–H groups in total. The fourth-order valence-electron chi connectivity index (χ4n) is 3.16. The Hall–Kier alpha value is -3.02. The van der Waals surface area contributed by atoms with Crippen LogP contribution in [0.3, 0.4) is 0 Å². The van der Waals surface area contributed by atoms with Crippen LogP contribution < -0.4 is 11.1 Å². The van der Waals surface area contributed by atoms with Gasteiger partial charge in [0.25, 0.3) is 0 Å². The van der Waals surface area contributed by atoms with E-state index >= 15 is 0 Å². The fraction of sp³-hybridized carbons (Fsp3) is 0.167. The molecule has 3 rings (SSSR count). The molecule has 0 aliphatic carbocycles. The number of primary amides is 1. The van der Waals surface area contributed by atoms with Gasteiger partial charge in [0, 0.05) is 25.2 Å². The monoisotopic (exact) mass is 455 g/mol. The average Bonchev–Trinajstić information content (AvgIpc) is 2.75. The lowest BCUT2D eigenvalue weighted by Gasteiger charge is -2.23. The number of benzene rings is 3. The SMILES string of the molecule is NC(=O)CCN(Cc1ccccc1)C(=O)Cc1ccccc1Nc1c(Cl)cccc1Cl. The van der Waals surface area contributed by atoms with E-state index < -0.39 is 5.91 Å². The number of rotatable bonds is 9. The smallest absolute Gasteiger partial charge is 0.227 e. The number of carbonyl (C=O) groups excluding carboxylic acids is 2. The van der Waals surface area contributed by atoms with Gasteiger partial charge >= 0.3 is 0 Å². The van der Waals surface area contributed by atoms with Crippen LogP contribution in [0.15, 0.2) is 72.8 Å². The molecule has 0 spiro atoms. The van der Waals surface area contributed by atoms with E-state index in [2.05, 4.69) is 5.32 Å². The maximum absolute atomic E-state index is 13.2. The van der Waals surface area contributed by atoms with Crippen molar-refractivity contribution in [3.05, 3.63) is 94.0 Å².